The van der Waals surface area contributed by atoms with Gasteiger partial charge in [-0.25, -0.2) is 0 Å². The number of hydrogen-bond donors (Lipinski definition) is 3. The molecule has 0 aliphatic carbocycles. The van der Waals surface area contributed by atoms with Gasteiger partial charge in [0.05, 0.1) is 6.04 Å². The summed E-state index contributed by atoms with van der Waals surface area (Å²) < 4.78 is 0. The number of amides is 1. The predicted molar refractivity (Wildman–Crippen MR) is 72.7 cm³/mol. The topological polar surface area (TPSA) is 83.8 Å². The molecule has 0 aromatic carbocycles. The van der Waals surface area contributed by atoms with Crippen LogP contribution in [0.4, 0.5) is 5.82 Å². The number of thiophene rings is 1. The van der Waals surface area contributed by atoms with Crippen LogP contribution in [0.25, 0.3) is 0 Å². The van der Waals surface area contributed by atoms with Gasteiger partial charge in [0.25, 0.3) is 5.91 Å². The van der Waals surface area contributed by atoms with Gasteiger partial charge in [-0.3, -0.25) is 9.89 Å². The maximum atomic E-state index is 11.9. The molecule has 1 amide bonds. The quantitative estimate of drug-likeness (QED) is 0.794. The summed E-state index contributed by atoms with van der Waals surface area (Å²) in [4.78, 5) is 14.4. The van der Waals surface area contributed by atoms with E-state index in [1.54, 1.807) is 11.3 Å². The Hall–Kier alpha value is -1.82. The summed E-state index contributed by atoms with van der Waals surface area (Å²) in [7, 11) is 0. The molecule has 6 heteroatoms. The average Bonchev–Trinajstić information content (AvgIpc) is 2.84. The molecule has 2 heterocycles. The van der Waals surface area contributed by atoms with Crippen molar-refractivity contribution in [2.75, 3.05) is 5.73 Å². The number of nitrogens with one attached hydrogen (secondary N) is 2. The molecule has 2 aromatic rings. The van der Waals surface area contributed by atoms with Crippen molar-refractivity contribution >= 4 is 23.1 Å². The molecule has 0 bridgehead atoms. The van der Waals surface area contributed by atoms with Crippen LogP contribution in [0.2, 0.25) is 0 Å². The van der Waals surface area contributed by atoms with Gasteiger partial charge in [0, 0.05) is 15.8 Å². The minimum Gasteiger partial charge on any atom is -0.382 e. The molecule has 2 rings (SSSR count). The number of carbonyl (C=O) groups excluding carboxylic acids is 1. The molecule has 0 aliphatic heterocycles. The Kier molecular flexibility index (Phi) is 3.38. The maximum Gasteiger partial charge on any atom is 0.269 e. The minimum absolute atomic E-state index is 0.0352. The Morgan fingerprint density at radius 1 is 1.50 bits per heavy atom. The third-order valence-electron chi connectivity index (χ3n) is 2.74. The van der Waals surface area contributed by atoms with Crippen LogP contribution < -0.4 is 11.1 Å². The third-order valence-corrected chi connectivity index (χ3v) is 3.72. The summed E-state index contributed by atoms with van der Waals surface area (Å²) in [6.45, 7) is 6.08. The van der Waals surface area contributed by atoms with E-state index in [4.69, 9.17) is 5.73 Å². The summed E-state index contributed by atoms with van der Waals surface area (Å²) in [6.07, 6.45) is 0. The Labute approximate surface area is 109 Å². The molecule has 0 saturated carbocycles. The lowest BCUT2D eigenvalue weighted by Crippen LogP contribution is -2.27. The van der Waals surface area contributed by atoms with E-state index in [1.165, 1.54) is 15.8 Å². The van der Waals surface area contributed by atoms with E-state index in [0.717, 1.165) is 5.56 Å². The van der Waals surface area contributed by atoms with Gasteiger partial charge in [0.15, 0.2) is 0 Å². The van der Waals surface area contributed by atoms with Crippen LogP contribution in [0.15, 0.2) is 12.1 Å². The van der Waals surface area contributed by atoms with Crippen molar-refractivity contribution in [3.8, 4) is 0 Å². The molecule has 1 unspecified atom stereocenters. The van der Waals surface area contributed by atoms with Crippen molar-refractivity contribution in [3.63, 3.8) is 0 Å². The summed E-state index contributed by atoms with van der Waals surface area (Å²) in [5.41, 5.74) is 6.99. The highest BCUT2D eigenvalue weighted by Crippen LogP contribution is 2.26. The lowest BCUT2D eigenvalue weighted by Gasteiger charge is -2.12. The van der Waals surface area contributed by atoms with Gasteiger partial charge in [-0.15, -0.1) is 11.3 Å². The number of nitrogens with zero attached hydrogens (tertiary/aromatic N) is 1. The number of aryl methyl sites for hydroxylation is 2. The lowest BCUT2D eigenvalue weighted by atomic mass is 10.1. The van der Waals surface area contributed by atoms with E-state index >= 15 is 0 Å². The smallest absolute Gasteiger partial charge is 0.269 e. The standard InChI is InChI=1S/C12H16N4OS/c1-6-4-9(8(3)18-6)7(2)14-12(17)10-5-11(13)16-15-10/h4-5,7H,1-3H3,(H,14,17)(H3,13,15,16). The lowest BCUT2D eigenvalue weighted by molar-refractivity contribution is 0.0935. The molecule has 0 aliphatic rings. The summed E-state index contributed by atoms with van der Waals surface area (Å²) >= 11 is 1.73. The summed E-state index contributed by atoms with van der Waals surface area (Å²) in [5.74, 6) is 0.116. The van der Waals surface area contributed by atoms with Gasteiger partial charge in [0.1, 0.15) is 11.5 Å². The first kappa shape index (κ1) is 12.6. The maximum absolute atomic E-state index is 11.9. The third kappa shape index (κ3) is 2.53. The SMILES string of the molecule is Cc1cc(C(C)NC(=O)c2cc(N)n[nH]2)c(C)s1. The van der Waals surface area contributed by atoms with E-state index in [1.807, 2.05) is 6.92 Å². The second-order valence-electron chi connectivity index (χ2n) is 4.27. The number of carbonyl (C=O) groups is 1. The second kappa shape index (κ2) is 4.81. The summed E-state index contributed by atoms with van der Waals surface area (Å²) in [6, 6.07) is 3.59. The number of rotatable bonds is 3. The van der Waals surface area contributed by atoms with Crippen LogP contribution in [-0.4, -0.2) is 16.1 Å². The zero-order chi connectivity index (χ0) is 13.3. The molecule has 0 fully saturated rings. The molecule has 5 nitrogen and oxygen atoms in total. The molecule has 18 heavy (non-hydrogen) atoms. The van der Waals surface area contributed by atoms with Crippen molar-refractivity contribution in [3.05, 3.63) is 33.1 Å². The zero-order valence-electron chi connectivity index (χ0n) is 10.6. The highest BCUT2D eigenvalue weighted by Gasteiger charge is 2.16. The molecule has 0 radical (unpaired) electrons. The highest BCUT2D eigenvalue weighted by atomic mass is 32.1. The number of nitrogens with two attached hydrogens (primary N) is 1. The van der Waals surface area contributed by atoms with Gasteiger partial charge in [-0.1, -0.05) is 0 Å². The molecular weight excluding hydrogens is 248 g/mol. The highest BCUT2D eigenvalue weighted by molar-refractivity contribution is 7.12. The van der Waals surface area contributed by atoms with Crippen molar-refractivity contribution in [1.29, 1.82) is 0 Å². The second-order valence-corrected chi connectivity index (χ2v) is 5.73. The monoisotopic (exact) mass is 264 g/mol. The molecule has 2 aromatic heterocycles. The molecule has 1 atom stereocenters. The van der Waals surface area contributed by atoms with E-state index in [9.17, 15) is 4.79 Å². The number of hydrogen-bond acceptors (Lipinski definition) is 4. The van der Waals surface area contributed by atoms with E-state index in [-0.39, 0.29) is 11.9 Å². The molecule has 4 N–H and O–H groups in total. The average molecular weight is 264 g/mol. The number of anilines is 1. The fourth-order valence-corrected chi connectivity index (χ4v) is 2.91. The number of H-pyrrole nitrogens is 1. The van der Waals surface area contributed by atoms with E-state index in [0.29, 0.717) is 11.5 Å². The fourth-order valence-electron chi connectivity index (χ4n) is 1.89. The number of aromatic nitrogens is 2. The Bertz CT molecular complexity index is 572. The molecule has 96 valence electrons. The van der Waals surface area contributed by atoms with E-state index in [2.05, 4.69) is 35.4 Å². The van der Waals surface area contributed by atoms with Gasteiger partial charge >= 0.3 is 0 Å². The normalized spacial score (nSPS) is 12.4. The Balaban J connectivity index is 2.10. The van der Waals surface area contributed by atoms with E-state index < -0.39 is 0 Å². The van der Waals surface area contributed by atoms with Crippen LogP contribution in [0.3, 0.4) is 0 Å². The van der Waals surface area contributed by atoms with Crippen LogP contribution in [0.5, 0.6) is 0 Å². The van der Waals surface area contributed by atoms with Gasteiger partial charge in [-0.05, 0) is 32.4 Å². The van der Waals surface area contributed by atoms with Crippen molar-refractivity contribution < 1.29 is 4.79 Å². The van der Waals surface area contributed by atoms with Crippen molar-refractivity contribution in [2.45, 2.75) is 26.8 Å². The van der Waals surface area contributed by atoms with Crippen LogP contribution >= 0.6 is 11.3 Å². The zero-order valence-corrected chi connectivity index (χ0v) is 11.4. The first-order chi connectivity index (χ1) is 8.47. The van der Waals surface area contributed by atoms with Crippen LogP contribution in [0.1, 0.15) is 38.8 Å². The first-order valence-electron chi connectivity index (χ1n) is 5.66. The molecule has 0 spiro atoms. The Morgan fingerprint density at radius 2 is 2.22 bits per heavy atom. The van der Waals surface area contributed by atoms with Gasteiger partial charge in [-0.2, -0.15) is 5.10 Å². The van der Waals surface area contributed by atoms with Crippen molar-refractivity contribution in [2.24, 2.45) is 0 Å². The molecular formula is C12H16N4OS. The molecule has 0 saturated heterocycles. The van der Waals surface area contributed by atoms with Gasteiger partial charge in [0.2, 0.25) is 0 Å². The summed E-state index contributed by atoms with van der Waals surface area (Å²) in [5, 5.41) is 9.25. The van der Waals surface area contributed by atoms with Crippen molar-refractivity contribution in [1.82, 2.24) is 15.5 Å². The van der Waals surface area contributed by atoms with Crippen LogP contribution in [-0.2, 0) is 0 Å². The van der Waals surface area contributed by atoms with Crippen LogP contribution in [0, 0.1) is 13.8 Å². The number of nitrogen functional groups attached to an aromatic ring is 1. The fraction of sp³-hybridized carbons (Fsp3) is 0.333. The Morgan fingerprint density at radius 3 is 2.72 bits per heavy atom. The first-order valence-corrected chi connectivity index (χ1v) is 6.47. The van der Waals surface area contributed by atoms with Gasteiger partial charge < -0.3 is 11.1 Å². The predicted octanol–water partition coefficient (Wildman–Crippen LogP) is 2.16. The largest absolute Gasteiger partial charge is 0.382 e. The minimum atomic E-state index is -0.199. The number of aromatic amines is 1.